The van der Waals surface area contributed by atoms with Gasteiger partial charge >= 0.3 is 0 Å². The molecule has 0 aliphatic carbocycles. The van der Waals surface area contributed by atoms with Crippen LogP contribution in [0.4, 0.5) is 0 Å². The molecular formula is C22H27N5. The van der Waals surface area contributed by atoms with E-state index in [1.54, 1.807) is 0 Å². The number of unbranched alkanes of at least 4 members (excludes halogenated alkanes) is 2. The number of hydrogen-bond donors (Lipinski definition) is 1. The zero-order valence-electron chi connectivity index (χ0n) is 16.2. The third kappa shape index (κ3) is 3.11. The molecule has 0 saturated carbocycles. The Morgan fingerprint density at radius 1 is 0.889 bits per heavy atom. The summed E-state index contributed by atoms with van der Waals surface area (Å²) in [4.78, 5) is 8.62. The Bertz CT molecular complexity index is 988. The Morgan fingerprint density at radius 2 is 1.56 bits per heavy atom. The predicted octanol–water partition coefficient (Wildman–Crippen LogP) is 5.43. The number of imidazole rings is 1. The number of fused-ring (bicyclic) bond motifs is 2. The lowest BCUT2D eigenvalue weighted by Gasteiger charge is -2.33. The number of nitrogens with zero attached hydrogens (tertiary/aromatic N) is 4. The Hall–Kier alpha value is -2.69. The van der Waals surface area contributed by atoms with Crippen LogP contribution >= 0.6 is 0 Å². The maximum Gasteiger partial charge on any atom is 0.135 e. The Kier molecular flexibility index (Phi) is 4.92. The first-order valence-corrected chi connectivity index (χ1v) is 10.0. The maximum atomic E-state index is 5.01. The molecule has 27 heavy (non-hydrogen) atoms. The fourth-order valence-corrected chi connectivity index (χ4v) is 3.97. The lowest BCUT2D eigenvalue weighted by atomic mass is 9.86. The van der Waals surface area contributed by atoms with Crippen molar-refractivity contribution in [3.8, 4) is 0 Å². The van der Waals surface area contributed by atoms with Gasteiger partial charge in [0.05, 0.1) is 16.6 Å². The van der Waals surface area contributed by atoms with E-state index in [4.69, 9.17) is 4.98 Å². The number of H-pyrrole nitrogens is 1. The summed E-state index contributed by atoms with van der Waals surface area (Å²) in [6, 6.07) is 16.5. The molecule has 2 aromatic carbocycles. The highest BCUT2D eigenvalue weighted by Gasteiger charge is 2.38. The zero-order valence-corrected chi connectivity index (χ0v) is 16.2. The topological polar surface area (TPSA) is 59.4 Å². The molecule has 0 bridgehead atoms. The quantitative estimate of drug-likeness (QED) is 0.455. The highest BCUT2D eigenvalue weighted by atomic mass is 15.5. The number of aromatic amines is 1. The first-order chi connectivity index (χ1) is 13.3. The molecule has 0 aliphatic heterocycles. The minimum Gasteiger partial charge on any atom is -0.340 e. The van der Waals surface area contributed by atoms with E-state index >= 15 is 0 Å². The second-order valence-corrected chi connectivity index (χ2v) is 7.33. The van der Waals surface area contributed by atoms with Gasteiger partial charge in [-0.3, -0.25) is 0 Å². The van der Waals surface area contributed by atoms with E-state index in [-0.39, 0.29) is 5.54 Å². The minimum absolute atomic E-state index is 0.304. The fourth-order valence-electron chi connectivity index (χ4n) is 3.97. The van der Waals surface area contributed by atoms with Gasteiger partial charge < -0.3 is 4.98 Å². The number of hydrogen-bond acceptors (Lipinski definition) is 3. The van der Waals surface area contributed by atoms with Gasteiger partial charge in [-0.25, -0.2) is 9.67 Å². The average molecular weight is 361 g/mol. The van der Waals surface area contributed by atoms with Crippen LogP contribution < -0.4 is 0 Å². The Morgan fingerprint density at radius 3 is 2.26 bits per heavy atom. The van der Waals surface area contributed by atoms with E-state index < -0.39 is 0 Å². The van der Waals surface area contributed by atoms with E-state index in [1.807, 2.05) is 18.2 Å². The third-order valence-corrected chi connectivity index (χ3v) is 5.48. The van der Waals surface area contributed by atoms with Gasteiger partial charge in [0.1, 0.15) is 16.9 Å². The first-order valence-electron chi connectivity index (χ1n) is 10.0. The summed E-state index contributed by atoms with van der Waals surface area (Å²) in [5.74, 6) is 1.00. The van der Waals surface area contributed by atoms with Crippen LogP contribution in [0.15, 0.2) is 48.5 Å². The number of para-hydroxylation sites is 3. The normalized spacial score (nSPS) is 12.2. The van der Waals surface area contributed by atoms with Gasteiger partial charge in [-0.15, -0.1) is 5.10 Å². The van der Waals surface area contributed by atoms with Crippen molar-refractivity contribution in [2.45, 2.75) is 57.9 Å². The maximum absolute atomic E-state index is 5.01. The lowest BCUT2D eigenvalue weighted by Crippen LogP contribution is -2.37. The summed E-state index contributed by atoms with van der Waals surface area (Å²) in [6.45, 7) is 4.48. The molecule has 2 heterocycles. The molecule has 0 radical (unpaired) electrons. The van der Waals surface area contributed by atoms with Crippen molar-refractivity contribution in [3.63, 3.8) is 0 Å². The van der Waals surface area contributed by atoms with Crippen molar-refractivity contribution < 1.29 is 0 Å². The molecule has 0 amide bonds. The molecule has 1 N–H and O–H groups in total. The highest BCUT2D eigenvalue weighted by Crippen LogP contribution is 2.37. The van der Waals surface area contributed by atoms with Gasteiger partial charge in [0.15, 0.2) is 0 Å². The van der Waals surface area contributed by atoms with Crippen molar-refractivity contribution in [3.05, 3.63) is 54.4 Å². The Labute approximate surface area is 159 Å². The number of rotatable bonds is 8. The van der Waals surface area contributed by atoms with E-state index in [9.17, 15) is 0 Å². The summed E-state index contributed by atoms with van der Waals surface area (Å²) >= 11 is 0. The van der Waals surface area contributed by atoms with Crippen molar-refractivity contribution in [2.24, 2.45) is 0 Å². The van der Waals surface area contributed by atoms with Crippen molar-refractivity contribution >= 4 is 22.1 Å². The zero-order chi connectivity index (χ0) is 18.7. The molecule has 5 heteroatoms. The SMILES string of the molecule is CCCCC(CCCC)(c1nc2ccccc2[nH]1)n1nnc2ccccc21. The van der Waals surface area contributed by atoms with Crippen LogP contribution in [0.2, 0.25) is 0 Å². The van der Waals surface area contributed by atoms with Crippen molar-refractivity contribution in [1.29, 1.82) is 0 Å². The summed E-state index contributed by atoms with van der Waals surface area (Å²) in [5, 5.41) is 9.08. The first kappa shape index (κ1) is 17.7. The monoisotopic (exact) mass is 361 g/mol. The van der Waals surface area contributed by atoms with Crippen molar-refractivity contribution in [2.75, 3.05) is 0 Å². The summed E-state index contributed by atoms with van der Waals surface area (Å²) in [5.41, 5.74) is 3.79. The molecule has 0 unspecified atom stereocenters. The van der Waals surface area contributed by atoms with E-state index in [1.165, 1.54) is 0 Å². The fraction of sp³-hybridized carbons (Fsp3) is 0.409. The van der Waals surface area contributed by atoms with E-state index in [2.05, 4.69) is 64.2 Å². The van der Waals surface area contributed by atoms with Crippen LogP contribution in [-0.4, -0.2) is 25.0 Å². The molecule has 0 spiro atoms. The van der Waals surface area contributed by atoms with Gasteiger partial charge in [-0.05, 0) is 37.1 Å². The number of nitrogens with one attached hydrogen (secondary N) is 1. The largest absolute Gasteiger partial charge is 0.340 e. The van der Waals surface area contributed by atoms with Gasteiger partial charge in [0.25, 0.3) is 0 Å². The van der Waals surface area contributed by atoms with Gasteiger partial charge in [-0.1, -0.05) is 69.0 Å². The minimum atomic E-state index is -0.304. The van der Waals surface area contributed by atoms with E-state index in [0.29, 0.717) is 0 Å². The molecule has 0 aliphatic rings. The van der Waals surface area contributed by atoms with E-state index in [0.717, 1.165) is 66.4 Å². The lowest BCUT2D eigenvalue weighted by molar-refractivity contribution is 0.250. The molecule has 4 aromatic rings. The van der Waals surface area contributed by atoms with Crippen LogP contribution in [0.3, 0.4) is 0 Å². The van der Waals surface area contributed by atoms with Crippen LogP contribution in [0.5, 0.6) is 0 Å². The van der Waals surface area contributed by atoms with Crippen LogP contribution in [0, 0.1) is 0 Å². The molecule has 0 fully saturated rings. The number of aromatic nitrogens is 5. The molecule has 5 nitrogen and oxygen atoms in total. The smallest absolute Gasteiger partial charge is 0.135 e. The predicted molar refractivity (Wildman–Crippen MR) is 110 cm³/mol. The second kappa shape index (κ2) is 7.51. The third-order valence-electron chi connectivity index (χ3n) is 5.48. The van der Waals surface area contributed by atoms with Crippen molar-refractivity contribution in [1.82, 2.24) is 25.0 Å². The molecule has 0 atom stereocenters. The van der Waals surface area contributed by atoms with Crippen LogP contribution in [0.1, 0.15) is 58.2 Å². The standard InChI is InChI=1S/C22H27N5/c1-3-5-15-22(16-6-4-2,21-23-17-11-7-8-12-18(17)24-21)27-20-14-10-9-13-19(20)25-26-27/h7-14H,3-6,15-16H2,1-2H3,(H,23,24). The summed E-state index contributed by atoms with van der Waals surface area (Å²) < 4.78 is 2.13. The van der Waals surface area contributed by atoms with Gasteiger partial charge in [0.2, 0.25) is 0 Å². The second-order valence-electron chi connectivity index (χ2n) is 7.33. The molecule has 0 saturated heterocycles. The molecule has 140 valence electrons. The molecule has 4 rings (SSSR count). The summed E-state index contributed by atoms with van der Waals surface area (Å²) in [7, 11) is 0. The molecular weight excluding hydrogens is 334 g/mol. The number of benzene rings is 2. The molecule has 2 aromatic heterocycles. The van der Waals surface area contributed by atoms with Crippen LogP contribution in [-0.2, 0) is 5.54 Å². The highest BCUT2D eigenvalue weighted by molar-refractivity contribution is 5.76. The Balaban J connectivity index is 1.94. The van der Waals surface area contributed by atoms with Gasteiger partial charge in [-0.2, -0.15) is 0 Å². The average Bonchev–Trinajstić information content (AvgIpc) is 3.33. The van der Waals surface area contributed by atoms with Crippen LogP contribution in [0.25, 0.3) is 22.1 Å². The summed E-state index contributed by atoms with van der Waals surface area (Å²) in [6.07, 6.45) is 6.51. The van der Waals surface area contributed by atoms with Gasteiger partial charge in [0, 0.05) is 0 Å².